The number of carbonyl (C=O) groups is 2. The van der Waals surface area contributed by atoms with Gasteiger partial charge in [0.2, 0.25) is 0 Å². The van der Waals surface area contributed by atoms with Gasteiger partial charge in [-0.1, -0.05) is 30.3 Å². The van der Waals surface area contributed by atoms with Gasteiger partial charge in [0.25, 0.3) is 0 Å². The lowest BCUT2D eigenvalue weighted by molar-refractivity contribution is -0.192. The SMILES string of the molecule is N#CC1(CCNNCc2ccccc2)NCCC1=O.O=C(O)C(F)(F)F. The molecule has 1 fully saturated rings. The van der Waals surface area contributed by atoms with Crippen molar-refractivity contribution in [2.45, 2.75) is 31.1 Å². The van der Waals surface area contributed by atoms with E-state index in [0.717, 1.165) is 0 Å². The quantitative estimate of drug-likeness (QED) is 0.437. The summed E-state index contributed by atoms with van der Waals surface area (Å²) in [5.74, 6) is -2.76. The van der Waals surface area contributed by atoms with Gasteiger partial charge in [0.05, 0.1) is 6.07 Å². The number of halogens is 3. The van der Waals surface area contributed by atoms with E-state index in [1.54, 1.807) is 0 Å². The van der Waals surface area contributed by atoms with E-state index in [-0.39, 0.29) is 5.78 Å². The van der Waals surface area contributed by atoms with Crippen LogP contribution >= 0.6 is 0 Å². The Bertz CT molecular complexity index is 646. The fraction of sp³-hybridized carbons (Fsp3) is 0.438. The molecule has 1 aromatic carbocycles. The maximum Gasteiger partial charge on any atom is 0.490 e. The standard InChI is InChI=1S/C14H18N4O.C2HF3O2/c15-11-14(13(19)6-8-16-14)7-9-17-18-10-12-4-2-1-3-5-12;3-2(4,5)1(6)7/h1-5,16-18H,6-10H2;(H,6,7). The van der Waals surface area contributed by atoms with Crippen LogP contribution in [0.4, 0.5) is 13.2 Å². The zero-order valence-corrected chi connectivity index (χ0v) is 13.8. The third-order valence-corrected chi connectivity index (χ3v) is 3.57. The minimum absolute atomic E-state index is 0.000130. The number of nitrogens with zero attached hydrogens (tertiary/aromatic N) is 1. The van der Waals surface area contributed by atoms with E-state index in [1.807, 2.05) is 30.3 Å². The first-order valence-electron chi connectivity index (χ1n) is 7.70. The third kappa shape index (κ3) is 6.79. The largest absolute Gasteiger partial charge is 0.490 e. The molecule has 26 heavy (non-hydrogen) atoms. The Kier molecular flexibility index (Phi) is 8.18. The Morgan fingerprint density at radius 3 is 2.38 bits per heavy atom. The van der Waals surface area contributed by atoms with Gasteiger partial charge in [0.1, 0.15) is 0 Å². The second kappa shape index (κ2) is 9.86. The number of rotatable bonds is 6. The van der Waals surface area contributed by atoms with Crippen LogP contribution in [0.3, 0.4) is 0 Å². The summed E-state index contributed by atoms with van der Waals surface area (Å²) < 4.78 is 31.7. The molecule has 0 radical (unpaired) electrons. The topological polar surface area (TPSA) is 114 Å². The molecule has 4 N–H and O–H groups in total. The van der Waals surface area contributed by atoms with Crippen molar-refractivity contribution in [3.05, 3.63) is 35.9 Å². The molecule has 0 spiro atoms. The van der Waals surface area contributed by atoms with E-state index >= 15 is 0 Å². The van der Waals surface area contributed by atoms with E-state index < -0.39 is 17.7 Å². The van der Waals surface area contributed by atoms with Crippen LogP contribution in [0.1, 0.15) is 18.4 Å². The Labute approximate surface area is 148 Å². The van der Waals surface area contributed by atoms with Crippen molar-refractivity contribution >= 4 is 11.8 Å². The molecule has 1 heterocycles. The zero-order valence-electron chi connectivity index (χ0n) is 13.8. The fourth-order valence-corrected chi connectivity index (χ4v) is 2.19. The maximum atomic E-state index is 11.7. The molecule has 1 aliphatic rings. The van der Waals surface area contributed by atoms with Gasteiger partial charge in [0, 0.05) is 32.5 Å². The monoisotopic (exact) mass is 372 g/mol. The lowest BCUT2D eigenvalue weighted by Crippen LogP contribution is -2.47. The molecule has 10 heteroatoms. The summed E-state index contributed by atoms with van der Waals surface area (Å²) in [4.78, 5) is 20.6. The van der Waals surface area contributed by atoms with Gasteiger partial charge >= 0.3 is 12.1 Å². The number of nitrogens with one attached hydrogen (secondary N) is 3. The minimum atomic E-state index is -5.08. The smallest absolute Gasteiger partial charge is 0.475 e. The number of hydrogen-bond acceptors (Lipinski definition) is 6. The molecule has 0 aromatic heterocycles. The number of carboxylic acid groups (broad SMARTS) is 1. The predicted molar refractivity (Wildman–Crippen MR) is 85.6 cm³/mol. The minimum Gasteiger partial charge on any atom is -0.475 e. The summed E-state index contributed by atoms with van der Waals surface area (Å²) in [5, 5.41) is 19.3. The number of hydrogen-bond donors (Lipinski definition) is 4. The van der Waals surface area contributed by atoms with Crippen LogP contribution in [0.25, 0.3) is 0 Å². The zero-order chi connectivity index (χ0) is 19.6. The second-order valence-corrected chi connectivity index (χ2v) is 5.44. The molecule has 1 aromatic rings. The number of hydrazine groups is 1. The highest BCUT2D eigenvalue weighted by Crippen LogP contribution is 2.17. The summed E-state index contributed by atoms with van der Waals surface area (Å²) in [5.41, 5.74) is 6.33. The van der Waals surface area contributed by atoms with Crippen LogP contribution in [0, 0.1) is 11.3 Å². The normalized spacial score (nSPS) is 19.4. The lowest BCUT2D eigenvalue weighted by atomic mass is 9.94. The summed E-state index contributed by atoms with van der Waals surface area (Å²) in [6.07, 6.45) is -4.16. The van der Waals surface area contributed by atoms with Crippen LogP contribution in [0.5, 0.6) is 0 Å². The van der Waals surface area contributed by atoms with Crippen LogP contribution < -0.4 is 16.2 Å². The van der Waals surface area contributed by atoms with Gasteiger partial charge in [0.15, 0.2) is 11.3 Å². The van der Waals surface area contributed by atoms with Crippen molar-refractivity contribution in [3.63, 3.8) is 0 Å². The molecule has 1 unspecified atom stereocenters. The molecule has 0 aliphatic carbocycles. The summed E-state index contributed by atoms with van der Waals surface area (Å²) in [6.45, 7) is 1.88. The first-order chi connectivity index (χ1) is 12.2. The number of nitriles is 1. The highest BCUT2D eigenvalue weighted by atomic mass is 19.4. The summed E-state index contributed by atoms with van der Waals surface area (Å²) in [7, 11) is 0. The highest BCUT2D eigenvalue weighted by Gasteiger charge is 2.41. The lowest BCUT2D eigenvalue weighted by Gasteiger charge is -2.19. The predicted octanol–water partition coefficient (Wildman–Crippen LogP) is 1.13. The third-order valence-electron chi connectivity index (χ3n) is 3.57. The molecule has 142 valence electrons. The first-order valence-corrected chi connectivity index (χ1v) is 7.70. The number of ketones is 1. The van der Waals surface area contributed by atoms with Crippen LogP contribution in [-0.2, 0) is 16.1 Å². The molecule has 1 aliphatic heterocycles. The molecule has 0 bridgehead atoms. The number of alkyl halides is 3. The molecule has 2 rings (SSSR count). The van der Waals surface area contributed by atoms with Crippen molar-refractivity contribution in [1.82, 2.24) is 16.2 Å². The molecule has 0 saturated carbocycles. The Hall–Kier alpha value is -2.48. The van der Waals surface area contributed by atoms with Crippen molar-refractivity contribution in [2.75, 3.05) is 13.1 Å². The second-order valence-electron chi connectivity index (χ2n) is 5.44. The highest BCUT2D eigenvalue weighted by molar-refractivity contribution is 5.93. The van der Waals surface area contributed by atoms with Crippen molar-refractivity contribution in [1.29, 1.82) is 5.26 Å². The summed E-state index contributed by atoms with van der Waals surface area (Å²) >= 11 is 0. The molecule has 0 amide bonds. The fourth-order valence-electron chi connectivity index (χ4n) is 2.19. The van der Waals surface area contributed by atoms with Crippen molar-refractivity contribution in [3.8, 4) is 6.07 Å². The van der Waals surface area contributed by atoms with E-state index in [2.05, 4.69) is 22.2 Å². The first kappa shape index (κ1) is 21.6. The molecule has 7 nitrogen and oxygen atoms in total. The Balaban J connectivity index is 0.000000412. The van der Waals surface area contributed by atoms with Crippen LogP contribution in [0.2, 0.25) is 0 Å². The summed E-state index contributed by atoms with van der Waals surface area (Å²) in [6, 6.07) is 12.1. The molecular formula is C16H19F3N4O3. The van der Waals surface area contributed by atoms with Crippen LogP contribution in [0.15, 0.2) is 30.3 Å². The van der Waals surface area contributed by atoms with Gasteiger partial charge in [-0.2, -0.15) is 18.4 Å². The van der Waals surface area contributed by atoms with Gasteiger partial charge in [-0.3, -0.25) is 21.0 Å². The number of benzene rings is 1. The number of aliphatic carboxylic acids is 1. The number of Topliss-reactive ketones (excluding diaryl/α,β-unsaturated/α-hetero) is 1. The van der Waals surface area contributed by atoms with Gasteiger partial charge in [-0.15, -0.1) is 0 Å². The number of carboxylic acids is 1. The van der Waals surface area contributed by atoms with Crippen molar-refractivity contribution < 1.29 is 27.9 Å². The maximum absolute atomic E-state index is 11.7. The average molecular weight is 372 g/mol. The van der Waals surface area contributed by atoms with E-state index in [1.165, 1.54) is 5.56 Å². The van der Waals surface area contributed by atoms with Crippen molar-refractivity contribution in [2.24, 2.45) is 0 Å². The van der Waals surface area contributed by atoms with E-state index in [0.29, 0.717) is 32.5 Å². The van der Waals surface area contributed by atoms with E-state index in [9.17, 15) is 18.0 Å². The number of carbonyl (C=O) groups excluding carboxylic acids is 1. The average Bonchev–Trinajstić information content (AvgIpc) is 2.96. The molecule has 1 atom stereocenters. The van der Waals surface area contributed by atoms with Gasteiger partial charge in [-0.05, 0) is 5.56 Å². The molecular weight excluding hydrogens is 353 g/mol. The Morgan fingerprint density at radius 2 is 1.92 bits per heavy atom. The molecule has 1 saturated heterocycles. The van der Waals surface area contributed by atoms with Gasteiger partial charge < -0.3 is 5.11 Å². The Morgan fingerprint density at radius 1 is 1.31 bits per heavy atom. The van der Waals surface area contributed by atoms with Crippen LogP contribution in [-0.4, -0.2) is 41.7 Å². The van der Waals surface area contributed by atoms with E-state index in [4.69, 9.17) is 15.2 Å². The van der Waals surface area contributed by atoms with Gasteiger partial charge in [-0.25, -0.2) is 4.79 Å².